The number of hydrogen-bond donors (Lipinski definition) is 3. The lowest BCUT2D eigenvalue weighted by Crippen LogP contribution is -2.08. The Balaban J connectivity index is 2.66. The van der Waals surface area contributed by atoms with E-state index in [-0.39, 0.29) is 18.1 Å². The van der Waals surface area contributed by atoms with Crippen LogP contribution in [0.5, 0.6) is 0 Å². The van der Waals surface area contributed by atoms with Crippen LogP contribution in [-0.2, 0) is 0 Å². The lowest BCUT2D eigenvalue weighted by atomic mass is 10.2. The molecule has 0 bridgehead atoms. The number of nitrogens with one attached hydrogen (secondary N) is 2. The van der Waals surface area contributed by atoms with Gasteiger partial charge in [0.25, 0.3) is 0 Å². The first-order chi connectivity index (χ1) is 9.19. The normalized spacial score (nSPS) is 10.2. The first kappa shape index (κ1) is 15.2. The van der Waals surface area contributed by atoms with Crippen LogP contribution in [0.25, 0.3) is 0 Å². The van der Waals surface area contributed by atoms with Crippen molar-refractivity contribution in [3.05, 3.63) is 22.2 Å². The molecule has 7 nitrogen and oxygen atoms in total. The monoisotopic (exact) mass is 268 g/mol. The molecule has 0 radical (unpaired) electrons. The van der Waals surface area contributed by atoms with Gasteiger partial charge >= 0.3 is 5.69 Å². The molecule has 0 fully saturated rings. The average molecular weight is 268 g/mol. The number of rotatable bonds is 9. The first-order valence-electron chi connectivity index (χ1n) is 6.43. The summed E-state index contributed by atoms with van der Waals surface area (Å²) >= 11 is 0. The number of hydrogen-bond acceptors (Lipinski definition) is 6. The maximum atomic E-state index is 10.9. The molecule has 0 saturated carbocycles. The molecular formula is C12H20N4O3. The molecule has 1 aromatic heterocycles. The van der Waals surface area contributed by atoms with E-state index < -0.39 is 4.92 Å². The maximum Gasteiger partial charge on any atom is 0.311 e. The van der Waals surface area contributed by atoms with Gasteiger partial charge in [-0.2, -0.15) is 0 Å². The van der Waals surface area contributed by atoms with Gasteiger partial charge in [0, 0.05) is 25.8 Å². The molecule has 1 rings (SSSR count). The van der Waals surface area contributed by atoms with Crippen LogP contribution in [0.2, 0.25) is 0 Å². The predicted octanol–water partition coefficient (Wildman–Crippen LogP) is 2.00. The average Bonchev–Trinajstić information content (AvgIpc) is 2.39. The smallest absolute Gasteiger partial charge is 0.311 e. The third kappa shape index (κ3) is 5.09. The van der Waals surface area contributed by atoms with Crippen molar-refractivity contribution < 1.29 is 10.0 Å². The summed E-state index contributed by atoms with van der Waals surface area (Å²) in [4.78, 5) is 14.6. The molecule has 3 N–H and O–H groups in total. The molecule has 0 aliphatic heterocycles. The summed E-state index contributed by atoms with van der Waals surface area (Å²) < 4.78 is 0. The lowest BCUT2D eigenvalue weighted by Gasteiger charge is -2.08. The summed E-state index contributed by atoms with van der Waals surface area (Å²) in [6.07, 6.45) is 2.46. The Morgan fingerprint density at radius 3 is 2.74 bits per heavy atom. The van der Waals surface area contributed by atoms with Crippen LogP contribution in [0.1, 0.15) is 26.2 Å². The second-order valence-electron chi connectivity index (χ2n) is 4.06. The Bertz CT molecular complexity index is 412. The van der Waals surface area contributed by atoms with E-state index in [0.29, 0.717) is 18.9 Å². The molecule has 0 amide bonds. The zero-order chi connectivity index (χ0) is 14.1. The van der Waals surface area contributed by atoms with Gasteiger partial charge in [0.05, 0.1) is 4.92 Å². The summed E-state index contributed by atoms with van der Waals surface area (Å²) in [7, 11) is 0. The number of aromatic nitrogens is 1. The number of unbranched alkanes of at least 4 members (excludes halogenated alkanes) is 2. The fourth-order valence-electron chi connectivity index (χ4n) is 1.63. The molecule has 106 valence electrons. The van der Waals surface area contributed by atoms with E-state index in [1.54, 1.807) is 6.07 Å². The van der Waals surface area contributed by atoms with Crippen LogP contribution in [0.4, 0.5) is 17.3 Å². The van der Waals surface area contributed by atoms with Crippen molar-refractivity contribution in [1.29, 1.82) is 0 Å². The van der Waals surface area contributed by atoms with Gasteiger partial charge in [0.2, 0.25) is 5.82 Å². The Morgan fingerprint density at radius 1 is 1.32 bits per heavy atom. The number of pyridine rings is 1. The van der Waals surface area contributed by atoms with Crippen LogP contribution in [0.3, 0.4) is 0 Å². The number of aliphatic hydroxyl groups excluding tert-OH is 1. The molecular weight excluding hydrogens is 248 g/mol. The molecule has 1 aromatic rings. The topological polar surface area (TPSA) is 100 Å². The summed E-state index contributed by atoms with van der Waals surface area (Å²) in [6, 6.07) is 3.04. The van der Waals surface area contributed by atoms with E-state index >= 15 is 0 Å². The molecule has 1 heterocycles. The highest BCUT2D eigenvalue weighted by Crippen LogP contribution is 2.23. The van der Waals surface area contributed by atoms with Crippen LogP contribution >= 0.6 is 0 Å². The van der Waals surface area contributed by atoms with E-state index in [1.165, 1.54) is 6.07 Å². The lowest BCUT2D eigenvalue weighted by molar-refractivity contribution is -0.384. The zero-order valence-electron chi connectivity index (χ0n) is 11.1. The zero-order valence-corrected chi connectivity index (χ0v) is 11.1. The van der Waals surface area contributed by atoms with Gasteiger partial charge < -0.3 is 15.7 Å². The van der Waals surface area contributed by atoms with Crippen molar-refractivity contribution in [3.63, 3.8) is 0 Å². The molecule has 0 saturated heterocycles. The Morgan fingerprint density at radius 2 is 2.11 bits per heavy atom. The molecule has 0 aromatic carbocycles. The Kier molecular flexibility index (Phi) is 6.59. The van der Waals surface area contributed by atoms with Crippen LogP contribution < -0.4 is 10.6 Å². The first-order valence-corrected chi connectivity index (χ1v) is 6.43. The second-order valence-corrected chi connectivity index (χ2v) is 4.06. The largest absolute Gasteiger partial charge is 0.396 e. The van der Waals surface area contributed by atoms with Gasteiger partial charge in [-0.3, -0.25) is 10.1 Å². The highest BCUT2D eigenvalue weighted by Gasteiger charge is 2.15. The molecule has 0 unspecified atom stereocenters. The highest BCUT2D eigenvalue weighted by atomic mass is 16.6. The van der Waals surface area contributed by atoms with E-state index in [2.05, 4.69) is 15.6 Å². The second kappa shape index (κ2) is 8.25. The maximum absolute atomic E-state index is 10.9. The van der Waals surface area contributed by atoms with Gasteiger partial charge in [0.1, 0.15) is 5.82 Å². The highest BCUT2D eigenvalue weighted by molar-refractivity contribution is 5.60. The Hall–Kier alpha value is -1.89. The molecule has 0 aliphatic rings. The van der Waals surface area contributed by atoms with Gasteiger partial charge in [-0.1, -0.05) is 0 Å². The van der Waals surface area contributed by atoms with Crippen LogP contribution in [0, 0.1) is 10.1 Å². The molecule has 0 spiro atoms. The van der Waals surface area contributed by atoms with Crippen molar-refractivity contribution in [1.82, 2.24) is 4.98 Å². The Labute approximate surface area is 112 Å². The standard InChI is InChI=1S/C12H20N4O3/c1-2-13-11-7-6-10(16(18)19)12(15-11)14-8-4-3-5-9-17/h6-7,17H,2-5,8-9H2,1H3,(H2,13,14,15). The van der Waals surface area contributed by atoms with Gasteiger partial charge in [0.15, 0.2) is 0 Å². The molecule has 0 atom stereocenters. The summed E-state index contributed by atoms with van der Waals surface area (Å²) in [5.74, 6) is 0.901. The minimum Gasteiger partial charge on any atom is -0.396 e. The fourth-order valence-corrected chi connectivity index (χ4v) is 1.63. The van der Waals surface area contributed by atoms with Crippen molar-refractivity contribution >= 4 is 17.3 Å². The minimum atomic E-state index is -0.446. The van der Waals surface area contributed by atoms with Gasteiger partial charge in [-0.15, -0.1) is 0 Å². The van der Waals surface area contributed by atoms with E-state index in [0.717, 1.165) is 19.3 Å². The predicted molar refractivity (Wildman–Crippen MR) is 74.5 cm³/mol. The van der Waals surface area contributed by atoms with Crippen molar-refractivity contribution in [2.24, 2.45) is 0 Å². The third-order valence-electron chi connectivity index (χ3n) is 2.56. The summed E-state index contributed by atoms with van der Waals surface area (Å²) in [5.41, 5.74) is -0.0242. The number of nitro groups is 1. The van der Waals surface area contributed by atoms with E-state index in [9.17, 15) is 10.1 Å². The van der Waals surface area contributed by atoms with Gasteiger partial charge in [-0.05, 0) is 32.3 Å². The number of aliphatic hydroxyl groups is 1. The fraction of sp³-hybridized carbons (Fsp3) is 0.583. The third-order valence-corrected chi connectivity index (χ3v) is 2.56. The van der Waals surface area contributed by atoms with Gasteiger partial charge in [-0.25, -0.2) is 4.98 Å². The molecule has 19 heavy (non-hydrogen) atoms. The van der Waals surface area contributed by atoms with Crippen LogP contribution in [0.15, 0.2) is 12.1 Å². The molecule has 0 aliphatic carbocycles. The van der Waals surface area contributed by atoms with Crippen molar-refractivity contribution in [2.75, 3.05) is 30.3 Å². The van der Waals surface area contributed by atoms with Crippen LogP contribution in [-0.4, -0.2) is 34.7 Å². The van der Waals surface area contributed by atoms with Crippen molar-refractivity contribution in [3.8, 4) is 0 Å². The summed E-state index contributed by atoms with van der Waals surface area (Å²) in [5, 5.41) is 25.6. The SMILES string of the molecule is CCNc1ccc([N+](=O)[O-])c(NCCCCCO)n1. The van der Waals surface area contributed by atoms with E-state index in [4.69, 9.17) is 5.11 Å². The van der Waals surface area contributed by atoms with Crippen molar-refractivity contribution in [2.45, 2.75) is 26.2 Å². The number of nitrogens with zero attached hydrogens (tertiary/aromatic N) is 2. The quantitative estimate of drug-likeness (QED) is 0.360. The van der Waals surface area contributed by atoms with E-state index in [1.807, 2.05) is 6.92 Å². The number of anilines is 2. The molecule has 7 heteroatoms. The summed E-state index contributed by atoms with van der Waals surface area (Å²) in [6.45, 7) is 3.42. The minimum absolute atomic E-state index is 0.0242.